The molecule has 0 radical (unpaired) electrons. The third-order valence-electron chi connectivity index (χ3n) is 4.39. The Labute approximate surface area is 121 Å². The summed E-state index contributed by atoms with van der Waals surface area (Å²) in [7, 11) is 0. The zero-order valence-corrected chi connectivity index (χ0v) is 12.6. The second kappa shape index (κ2) is 6.57. The van der Waals surface area contributed by atoms with Crippen LogP contribution in [0.1, 0.15) is 52.4 Å². The van der Waals surface area contributed by atoms with Gasteiger partial charge in [-0.15, -0.1) is 0 Å². The van der Waals surface area contributed by atoms with E-state index in [4.69, 9.17) is 4.74 Å². The van der Waals surface area contributed by atoms with Crippen molar-refractivity contribution in [2.45, 2.75) is 64.0 Å². The van der Waals surface area contributed by atoms with E-state index in [1.807, 2.05) is 0 Å². The van der Waals surface area contributed by atoms with E-state index in [1.165, 1.54) is 32.6 Å². The molecule has 2 fully saturated rings. The predicted molar refractivity (Wildman–Crippen MR) is 76.2 cm³/mol. The maximum atomic E-state index is 12.5. The third-order valence-corrected chi connectivity index (χ3v) is 4.39. The van der Waals surface area contributed by atoms with Gasteiger partial charge in [0.1, 0.15) is 0 Å². The first-order valence-corrected chi connectivity index (χ1v) is 7.72. The van der Waals surface area contributed by atoms with Gasteiger partial charge in [0.05, 0.1) is 13.2 Å². The number of carbonyl (C=O) groups excluding carboxylic acids is 2. The Kier molecular flexibility index (Phi) is 5.02. The molecule has 1 saturated carbocycles. The van der Waals surface area contributed by atoms with Gasteiger partial charge in [0.25, 0.3) is 5.91 Å². The lowest BCUT2D eigenvalue weighted by Crippen LogP contribution is -2.60. The molecule has 0 aromatic rings. The molecule has 2 aliphatic rings. The maximum Gasteiger partial charge on any atom is 0.254 e. The van der Waals surface area contributed by atoms with Gasteiger partial charge in [-0.05, 0) is 19.8 Å². The van der Waals surface area contributed by atoms with E-state index in [0.29, 0.717) is 19.7 Å². The minimum Gasteiger partial charge on any atom is -0.362 e. The van der Waals surface area contributed by atoms with Gasteiger partial charge in [0.2, 0.25) is 5.91 Å². The Balaban J connectivity index is 1.94. The highest BCUT2D eigenvalue weighted by molar-refractivity contribution is 5.86. The van der Waals surface area contributed by atoms with Crippen LogP contribution in [0.3, 0.4) is 0 Å². The molecule has 1 heterocycles. The highest BCUT2D eigenvalue weighted by Crippen LogP contribution is 2.21. The minimum absolute atomic E-state index is 0.00166. The van der Waals surface area contributed by atoms with Gasteiger partial charge in [-0.1, -0.05) is 25.7 Å². The number of nitrogens with one attached hydrogen (secondary N) is 1. The number of morpholine rings is 1. The first-order chi connectivity index (χ1) is 9.51. The van der Waals surface area contributed by atoms with E-state index in [0.717, 1.165) is 12.8 Å². The monoisotopic (exact) mass is 282 g/mol. The fourth-order valence-corrected chi connectivity index (χ4v) is 3.04. The van der Waals surface area contributed by atoms with Crippen molar-refractivity contribution < 1.29 is 14.3 Å². The predicted octanol–water partition coefficient (Wildman–Crippen LogP) is 1.46. The van der Waals surface area contributed by atoms with Crippen molar-refractivity contribution in [1.82, 2.24) is 10.2 Å². The SMILES string of the molecule is CC(=O)N1CCOC(C)(C(=O)NC2CCCCCC2)C1. The summed E-state index contributed by atoms with van der Waals surface area (Å²) in [6.45, 7) is 4.67. The second-order valence-corrected chi connectivity index (χ2v) is 6.18. The topological polar surface area (TPSA) is 58.6 Å². The largest absolute Gasteiger partial charge is 0.362 e. The first kappa shape index (κ1) is 15.3. The van der Waals surface area contributed by atoms with Crippen LogP contribution in [0.2, 0.25) is 0 Å². The van der Waals surface area contributed by atoms with Crippen LogP contribution in [0.4, 0.5) is 0 Å². The molecule has 1 N–H and O–H groups in total. The molecule has 1 aliphatic heterocycles. The molecule has 1 aliphatic carbocycles. The lowest BCUT2D eigenvalue weighted by molar-refractivity contribution is -0.162. The van der Waals surface area contributed by atoms with Crippen molar-refractivity contribution in [3.8, 4) is 0 Å². The Morgan fingerprint density at radius 1 is 1.20 bits per heavy atom. The molecule has 0 spiro atoms. The van der Waals surface area contributed by atoms with Gasteiger partial charge in [0.15, 0.2) is 5.60 Å². The summed E-state index contributed by atoms with van der Waals surface area (Å²) in [5.41, 5.74) is -0.907. The Bertz CT molecular complexity index is 364. The van der Waals surface area contributed by atoms with Crippen LogP contribution in [0, 0.1) is 0 Å². The van der Waals surface area contributed by atoms with Crippen LogP contribution in [-0.2, 0) is 14.3 Å². The molecule has 5 nitrogen and oxygen atoms in total. The van der Waals surface area contributed by atoms with Crippen LogP contribution in [-0.4, -0.2) is 48.1 Å². The van der Waals surface area contributed by atoms with Gasteiger partial charge >= 0.3 is 0 Å². The summed E-state index contributed by atoms with van der Waals surface area (Å²) in [5, 5.41) is 3.13. The average Bonchev–Trinajstić information content (AvgIpc) is 2.67. The number of nitrogens with zero attached hydrogens (tertiary/aromatic N) is 1. The summed E-state index contributed by atoms with van der Waals surface area (Å²) >= 11 is 0. The van der Waals surface area contributed by atoms with E-state index >= 15 is 0 Å². The lowest BCUT2D eigenvalue weighted by atomic mass is 10.0. The van der Waals surface area contributed by atoms with E-state index < -0.39 is 5.60 Å². The fraction of sp³-hybridized carbons (Fsp3) is 0.867. The van der Waals surface area contributed by atoms with Gasteiger partial charge in [-0.25, -0.2) is 0 Å². The van der Waals surface area contributed by atoms with Crippen molar-refractivity contribution in [3.63, 3.8) is 0 Å². The number of rotatable bonds is 2. The van der Waals surface area contributed by atoms with Gasteiger partial charge in [0, 0.05) is 19.5 Å². The number of ether oxygens (including phenoxy) is 1. The highest BCUT2D eigenvalue weighted by Gasteiger charge is 2.40. The first-order valence-electron chi connectivity index (χ1n) is 7.72. The van der Waals surface area contributed by atoms with Gasteiger partial charge in [-0.2, -0.15) is 0 Å². The molecule has 0 aromatic heterocycles. The molecule has 2 amide bonds. The number of carbonyl (C=O) groups is 2. The summed E-state index contributed by atoms with van der Waals surface area (Å²) in [4.78, 5) is 25.7. The van der Waals surface area contributed by atoms with Crippen LogP contribution < -0.4 is 5.32 Å². The average molecular weight is 282 g/mol. The number of amides is 2. The normalized spacial score (nSPS) is 28.8. The molecular weight excluding hydrogens is 256 g/mol. The molecule has 0 bridgehead atoms. The Morgan fingerprint density at radius 3 is 2.45 bits per heavy atom. The molecule has 20 heavy (non-hydrogen) atoms. The quantitative estimate of drug-likeness (QED) is 0.780. The van der Waals surface area contributed by atoms with Crippen molar-refractivity contribution >= 4 is 11.8 Å². The molecule has 1 unspecified atom stereocenters. The van der Waals surface area contributed by atoms with Crippen LogP contribution in [0.5, 0.6) is 0 Å². The Hall–Kier alpha value is -1.10. The van der Waals surface area contributed by atoms with E-state index in [9.17, 15) is 9.59 Å². The number of hydrogen-bond acceptors (Lipinski definition) is 3. The Morgan fingerprint density at radius 2 is 1.85 bits per heavy atom. The van der Waals surface area contributed by atoms with Crippen molar-refractivity contribution in [3.05, 3.63) is 0 Å². The molecule has 2 rings (SSSR count). The highest BCUT2D eigenvalue weighted by atomic mass is 16.5. The smallest absolute Gasteiger partial charge is 0.254 e. The van der Waals surface area contributed by atoms with Crippen LogP contribution >= 0.6 is 0 Å². The minimum atomic E-state index is -0.907. The molecule has 114 valence electrons. The van der Waals surface area contributed by atoms with Crippen molar-refractivity contribution in [2.24, 2.45) is 0 Å². The van der Waals surface area contributed by atoms with E-state index in [2.05, 4.69) is 5.32 Å². The zero-order chi connectivity index (χ0) is 14.6. The summed E-state index contributed by atoms with van der Waals surface area (Å²) < 4.78 is 5.67. The van der Waals surface area contributed by atoms with E-state index in [1.54, 1.807) is 11.8 Å². The summed E-state index contributed by atoms with van der Waals surface area (Å²) in [5.74, 6) is -0.0721. The lowest BCUT2D eigenvalue weighted by Gasteiger charge is -2.39. The molecule has 0 aromatic carbocycles. The van der Waals surface area contributed by atoms with E-state index in [-0.39, 0.29) is 17.9 Å². The molecule has 5 heteroatoms. The summed E-state index contributed by atoms with van der Waals surface area (Å²) in [6.07, 6.45) is 7.00. The van der Waals surface area contributed by atoms with Gasteiger partial charge in [-0.3, -0.25) is 9.59 Å². The van der Waals surface area contributed by atoms with Gasteiger partial charge < -0.3 is 15.0 Å². The van der Waals surface area contributed by atoms with Crippen LogP contribution in [0.25, 0.3) is 0 Å². The molecule has 1 atom stereocenters. The summed E-state index contributed by atoms with van der Waals surface area (Å²) in [6, 6.07) is 0.262. The molecule has 1 saturated heterocycles. The van der Waals surface area contributed by atoms with Crippen LogP contribution in [0.15, 0.2) is 0 Å². The fourth-order valence-electron chi connectivity index (χ4n) is 3.04. The molecular formula is C15H26N2O3. The standard InChI is InChI=1S/C15H26N2O3/c1-12(18)17-9-10-20-15(2,11-17)14(19)16-13-7-5-3-4-6-8-13/h13H,3-11H2,1-2H3,(H,16,19). The zero-order valence-electron chi connectivity index (χ0n) is 12.6. The third kappa shape index (κ3) is 3.72. The number of hydrogen-bond donors (Lipinski definition) is 1. The maximum absolute atomic E-state index is 12.5. The second-order valence-electron chi connectivity index (χ2n) is 6.18. The van der Waals surface area contributed by atoms with Crippen molar-refractivity contribution in [2.75, 3.05) is 19.7 Å². The van der Waals surface area contributed by atoms with Crippen molar-refractivity contribution in [1.29, 1.82) is 0 Å².